The number of hydrogen-bond donors (Lipinski definition) is 2. The second-order valence-corrected chi connectivity index (χ2v) is 4.12. The number of aromatic nitrogens is 3. The first kappa shape index (κ1) is 11.5. The Hall–Kier alpha value is -0.940. The van der Waals surface area contributed by atoms with Crippen LogP contribution < -0.4 is 5.32 Å². The molecule has 90 valence electrons. The molecule has 2 rings (SSSR count). The topological polar surface area (TPSA) is 62.8 Å². The molecule has 1 aliphatic rings. The van der Waals surface area contributed by atoms with Crippen molar-refractivity contribution in [3.63, 3.8) is 0 Å². The zero-order valence-corrected chi connectivity index (χ0v) is 9.83. The fourth-order valence-corrected chi connectivity index (χ4v) is 1.89. The number of rotatable bonds is 5. The Labute approximate surface area is 96.0 Å². The number of piperidine rings is 1. The lowest BCUT2D eigenvalue weighted by Crippen LogP contribution is -2.32. The number of H-pyrrole nitrogens is 1. The van der Waals surface area contributed by atoms with Crippen LogP contribution in [0.1, 0.15) is 31.4 Å². The molecule has 5 nitrogen and oxygen atoms in total. The summed E-state index contributed by atoms with van der Waals surface area (Å²) >= 11 is 0. The van der Waals surface area contributed by atoms with Crippen LogP contribution in [0.4, 0.5) is 0 Å². The number of hydrogen-bond acceptors (Lipinski definition) is 4. The highest BCUT2D eigenvalue weighted by Gasteiger charge is 2.13. The minimum atomic E-state index is 0.426. The van der Waals surface area contributed by atoms with Gasteiger partial charge in [-0.1, -0.05) is 6.92 Å². The molecule has 1 aromatic rings. The van der Waals surface area contributed by atoms with Gasteiger partial charge in [-0.05, 0) is 25.9 Å². The molecular formula is C11H20N4O. The average Bonchev–Trinajstić information content (AvgIpc) is 2.78. The van der Waals surface area contributed by atoms with Crippen LogP contribution in [0.15, 0.2) is 0 Å². The quantitative estimate of drug-likeness (QED) is 0.772. The molecule has 0 saturated carbocycles. The summed E-state index contributed by atoms with van der Waals surface area (Å²) in [7, 11) is 0. The molecule has 2 N–H and O–H groups in total. The predicted molar refractivity (Wildman–Crippen MR) is 61.3 cm³/mol. The Balaban J connectivity index is 1.66. The summed E-state index contributed by atoms with van der Waals surface area (Å²) in [6, 6.07) is 0. The molecule has 0 spiro atoms. The van der Waals surface area contributed by atoms with Crippen LogP contribution in [0.3, 0.4) is 0 Å². The van der Waals surface area contributed by atoms with Gasteiger partial charge in [0.15, 0.2) is 0 Å². The Kier molecular flexibility index (Phi) is 4.30. The fourth-order valence-electron chi connectivity index (χ4n) is 1.89. The van der Waals surface area contributed by atoms with Crippen LogP contribution in [0.2, 0.25) is 0 Å². The maximum Gasteiger partial charge on any atom is 0.150 e. The van der Waals surface area contributed by atoms with Crippen LogP contribution >= 0.6 is 0 Å². The number of nitrogens with zero attached hydrogens (tertiary/aromatic N) is 2. The Morgan fingerprint density at radius 3 is 2.88 bits per heavy atom. The van der Waals surface area contributed by atoms with E-state index in [1.54, 1.807) is 0 Å². The summed E-state index contributed by atoms with van der Waals surface area (Å²) in [5, 5.41) is 10.4. The minimum Gasteiger partial charge on any atom is -0.378 e. The van der Waals surface area contributed by atoms with E-state index in [0.717, 1.165) is 57.0 Å². The number of ether oxygens (including phenoxy) is 1. The van der Waals surface area contributed by atoms with Crippen LogP contribution in [0.5, 0.6) is 0 Å². The first-order valence-corrected chi connectivity index (χ1v) is 6.11. The molecule has 5 heteroatoms. The van der Waals surface area contributed by atoms with Gasteiger partial charge in [-0.25, -0.2) is 4.98 Å². The van der Waals surface area contributed by atoms with Gasteiger partial charge in [0.25, 0.3) is 0 Å². The van der Waals surface area contributed by atoms with Crippen LogP contribution in [-0.2, 0) is 17.6 Å². The van der Waals surface area contributed by atoms with Gasteiger partial charge in [0.1, 0.15) is 11.6 Å². The summed E-state index contributed by atoms with van der Waals surface area (Å²) in [4.78, 5) is 4.35. The molecule has 16 heavy (non-hydrogen) atoms. The number of aryl methyl sites for hydroxylation is 1. The predicted octanol–water partition coefficient (Wildman–Crippen LogP) is 0.678. The Morgan fingerprint density at radius 1 is 1.38 bits per heavy atom. The largest absolute Gasteiger partial charge is 0.378 e. The van der Waals surface area contributed by atoms with Crippen molar-refractivity contribution < 1.29 is 4.74 Å². The van der Waals surface area contributed by atoms with Gasteiger partial charge < -0.3 is 10.1 Å². The van der Waals surface area contributed by atoms with Crippen molar-refractivity contribution in [2.75, 3.05) is 19.7 Å². The Bertz CT molecular complexity index is 307. The monoisotopic (exact) mass is 224 g/mol. The minimum absolute atomic E-state index is 0.426. The molecular weight excluding hydrogens is 204 g/mol. The highest BCUT2D eigenvalue weighted by molar-refractivity contribution is 4.89. The maximum absolute atomic E-state index is 5.80. The third-order valence-electron chi connectivity index (χ3n) is 2.87. The molecule has 0 bridgehead atoms. The van der Waals surface area contributed by atoms with E-state index in [0.29, 0.717) is 6.10 Å². The van der Waals surface area contributed by atoms with E-state index in [9.17, 15) is 0 Å². The van der Waals surface area contributed by atoms with Crippen molar-refractivity contribution in [1.82, 2.24) is 20.5 Å². The third kappa shape index (κ3) is 3.28. The van der Waals surface area contributed by atoms with Gasteiger partial charge in [-0.2, -0.15) is 5.10 Å². The first-order chi connectivity index (χ1) is 7.88. The van der Waals surface area contributed by atoms with Gasteiger partial charge >= 0.3 is 0 Å². The van der Waals surface area contributed by atoms with E-state index in [2.05, 4.69) is 27.4 Å². The van der Waals surface area contributed by atoms with Crippen molar-refractivity contribution in [3.05, 3.63) is 11.6 Å². The van der Waals surface area contributed by atoms with Crippen LogP contribution in [0, 0.1) is 0 Å². The molecule has 1 aromatic heterocycles. The zero-order chi connectivity index (χ0) is 11.2. The highest BCUT2D eigenvalue weighted by atomic mass is 16.5. The van der Waals surface area contributed by atoms with E-state index in [1.165, 1.54) is 0 Å². The average molecular weight is 224 g/mol. The van der Waals surface area contributed by atoms with Gasteiger partial charge in [-0.3, -0.25) is 5.10 Å². The fraction of sp³-hybridized carbons (Fsp3) is 0.818. The molecule has 1 saturated heterocycles. The second kappa shape index (κ2) is 5.96. The lowest BCUT2D eigenvalue weighted by atomic mass is 10.1. The van der Waals surface area contributed by atoms with Crippen LogP contribution in [-0.4, -0.2) is 41.0 Å². The van der Waals surface area contributed by atoms with Crippen molar-refractivity contribution in [1.29, 1.82) is 0 Å². The van der Waals surface area contributed by atoms with Crippen molar-refractivity contribution in [2.45, 2.75) is 38.7 Å². The normalized spacial score (nSPS) is 17.8. The number of aromatic amines is 1. The van der Waals surface area contributed by atoms with Gasteiger partial charge in [0, 0.05) is 12.8 Å². The summed E-state index contributed by atoms with van der Waals surface area (Å²) in [6.07, 6.45) is 4.38. The first-order valence-electron chi connectivity index (χ1n) is 6.11. The Morgan fingerprint density at radius 2 is 2.19 bits per heavy atom. The van der Waals surface area contributed by atoms with Crippen molar-refractivity contribution in [2.24, 2.45) is 0 Å². The third-order valence-corrected chi connectivity index (χ3v) is 2.87. The summed E-state index contributed by atoms with van der Waals surface area (Å²) in [6.45, 7) is 4.95. The molecule has 0 radical (unpaired) electrons. The lowest BCUT2D eigenvalue weighted by molar-refractivity contribution is 0.0342. The molecule has 0 unspecified atom stereocenters. The van der Waals surface area contributed by atoms with E-state index >= 15 is 0 Å². The smallest absolute Gasteiger partial charge is 0.150 e. The summed E-state index contributed by atoms with van der Waals surface area (Å²) in [5.74, 6) is 1.82. The van der Waals surface area contributed by atoms with E-state index in [1.807, 2.05) is 0 Å². The molecule has 0 aromatic carbocycles. The van der Waals surface area contributed by atoms with Crippen molar-refractivity contribution in [3.8, 4) is 0 Å². The van der Waals surface area contributed by atoms with Gasteiger partial charge in [0.05, 0.1) is 12.7 Å². The molecule has 2 heterocycles. The van der Waals surface area contributed by atoms with Gasteiger partial charge in [0.2, 0.25) is 0 Å². The SMILES string of the molecule is CCc1n[nH]c(CCOC2CCNCC2)n1. The van der Waals surface area contributed by atoms with Crippen LogP contribution in [0.25, 0.3) is 0 Å². The second-order valence-electron chi connectivity index (χ2n) is 4.12. The summed E-state index contributed by atoms with van der Waals surface area (Å²) < 4.78 is 5.80. The molecule has 1 fully saturated rings. The highest BCUT2D eigenvalue weighted by Crippen LogP contribution is 2.07. The molecule has 0 atom stereocenters. The maximum atomic E-state index is 5.80. The van der Waals surface area contributed by atoms with E-state index in [4.69, 9.17) is 4.74 Å². The van der Waals surface area contributed by atoms with Gasteiger partial charge in [-0.15, -0.1) is 0 Å². The summed E-state index contributed by atoms with van der Waals surface area (Å²) in [5.41, 5.74) is 0. The molecule has 0 amide bonds. The zero-order valence-electron chi connectivity index (χ0n) is 9.83. The lowest BCUT2D eigenvalue weighted by Gasteiger charge is -2.22. The molecule has 1 aliphatic heterocycles. The van der Waals surface area contributed by atoms with E-state index in [-0.39, 0.29) is 0 Å². The molecule has 0 aliphatic carbocycles. The van der Waals surface area contributed by atoms with E-state index < -0.39 is 0 Å². The standard InChI is InChI=1S/C11H20N4O/c1-2-10-13-11(15-14-10)5-8-16-9-3-6-12-7-4-9/h9,12H,2-8H2,1H3,(H,13,14,15). The number of nitrogens with one attached hydrogen (secondary N) is 2. The van der Waals surface area contributed by atoms with Crippen molar-refractivity contribution >= 4 is 0 Å².